The Bertz CT molecular complexity index is 385. The molecule has 0 aliphatic rings. The van der Waals surface area contributed by atoms with Crippen molar-refractivity contribution in [2.75, 3.05) is 26.2 Å². The molecule has 2 N–H and O–H groups in total. The Morgan fingerprint density at radius 3 is 2.84 bits per heavy atom. The number of halogens is 1. The zero-order valence-electron chi connectivity index (χ0n) is 11.2. The lowest BCUT2D eigenvalue weighted by molar-refractivity contribution is -0.121. The summed E-state index contributed by atoms with van der Waals surface area (Å²) >= 11 is 5.95. The van der Waals surface area contributed by atoms with Gasteiger partial charge in [0.2, 0.25) is 5.91 Å². The van der Waals surface area contributed by atoms with Gasteiger partial charge in [-0.2, -0.15) is 0 Å². The molecule has 0 radical (unpaired) electrons. The van der Waals surface area contributed by atoms with Crippen LogP contribution in [-0.4, -0.2) is 32.1 Å². The van der Waals surface area contributed by atoms with Crippen molar-refractivity contribution < 1.29 is 9.53 Å². The average Bonchev–Trinajstić information content (AvgIpc) is 2.41. The van der Waals surface area contributed by atoms with E-state index in [0.717, 1.165) is 13.1 Å². The first-order valence-corrected chi connectivity index (χ1v) is 6.96. The standard InChI is InChI=1S/C14H21ClN2O2/c1-2-16-9-10-17-14(18)8-5-11-19-13-7-4-3-6-12(13)15/h3-4,6-7,16H,2,5,8-11H2,1H3,(H,17,18). The van der Waals surface area contributed by atoms with Crippen LogP contribution in [0.1, 0.15) is 19.8 Å². The lowest BCUT2D eigenvalue weighted by atomic mass is 10.3. The Hall–Kier alpha value is -1.26. The van der Waals surface area contributed by atoms with Crippen LogP contribution >= 0.6 is 11.6 Å². The highest BCUT2D eigenvalue weighted by Crippen LogP contribution is 2.23. The van der Waals surface area contributed by atoms with E-state index in [2.05, 4.69) is 10.6 Å². The Labute approximate surface area is 119 Å². The van der Waals surface area contributed by atoms with Crippen LogP contribution in [0.2, 0.25) is 5.02 Å². The monoisotopic (exact) mass is 284 g/mol. The molecular formula is C14H21ClN2O2. The number of likely N-dealkylation sites (N-methyl/N-ethyl adjacent to an activating group) is 1. The van der Waals surface area contributed by atoms with Crippen LogP contribution in [0, 0.1) is 0 Å². The lowest BCUT2D eigenvalue weighted by Gasteiger charge is -2.08. The van der Waals surface area contributed by atoms with Gasteiger partial charge in [0.1, 0.15) is 5.75 Å². The van der Waals surface area contributed by atoms with Gasteiger partial charge in [-0.1, -0.05) is 30.7 Å². The SMILES string of the molecule is CCNCCNC(=O)CCCOc1ccccc1Cl. The first-order valence-electron chi connectivity index (χ1n) is 6.58. The molecule has 0 aliphatic carbocycles. The number of hydrogen-bond acceptors (Lipinski definition) is 3. The molecule has 0 saturated carbocycles. The Morgan fingerprint density at radius 2 is 2.11 bits per heavy atom. The molecule has 0 bridgehead atoms. The average molecular weight is 285 g/mol. The summed E-state index contributed by atoms with van der Waals surface area (Å²) in [4.78, 5) is 11.5. The van der Waals surface area contributed by atoms with Crippen molar-refractivity contribution in [2.45, 2.75) is 19.8 Å². The third-order valence-electron chi connectivity index (χ3n) is 2.52. The van der Waals surface area contributed by atoms with E-state index in [9.17, 15) is 4.79 Å². The van der Waals surface area contributed by atoms with Gasteiger partial charge in [-0.15, -0.1) is 0 Å². The van der Waals surface area contributed by atoms with E-state index in [4.69, 9.17) is 16.3 Å². The van der Waals surface area contributed by atoms with Gasteiger partial charge in [0, 0.05) is 19.5 Å². The summed E-state index contributed by atoms with van der Waals surface area (Å²) in [6.45, 7) is 4.91. The van der Waals surface area contributed by atoms with Gasteiger partial charge in [0.15, 0.2) is 0 Å². The Kier molecular flexibility index (Phi) is 8.02. The summed E-state index contributed by atoms with van der Waals surface area (Å²) in [6, 6.07) is 7.32. The van der Waals surface area contributed by atoms with Crippen LogP contribution < -0.4 is 15.4 Å². The molecule has 19 heavy (non-hydrogen) atoms. The normalized spacial score (nSPS) is 10.2. The molecule has 1 aromatic rings. The van der Waals surface area contributed by atoms with Gasteiger partial charge in [-0.05, 0) is 25.1 Å². The number of amides is 1. The van der Waals surface area contributed by atoms with E-state index in [1.807, 2.05) is 25.1 Å². The maximum absolute atomic E-state index is 11.5. The second-order valence-corrected chi connectivity index (χ2v) is 4.49. The Morgan fingerprint density at radius 1 is 1.32 bits per heavy atom. The van der Waals surface area contributed by atoms with Crippen molar-refractivity contribution in [1.82, 2.24) is 10.6 Å². The highest BCUT2D eigenvalue weighted by Gasteiger charge is 2.02. The Balaban J connectivity index is 2.07. The van der Waals surface area contributed by atoms with Crippen molar-refractivity contribution in [3.05, 3.63) is 29.3 Å². The highest BCUT2D eigenvalue weighted by molar-refractivity contribution is 6.32. The summed E-state index contributed by atoms with van der Waals surface area (Å²) in [7, 11) is 0. The van der Waals surface area contributed by atoms with Gasteiger partial charge in [0.05, 0.1) is 11.6 Å². The molecule has 1 aromatic carbocycles. The molecule has 5 heteroatoms. The van der Waals surface area contributed by atoms with E-state index < -0.39 is 0 Å². The van der Waals surface area contributed by atoms with Crippen molar-refractivity contribution >= 4 is 17.5 Å². The number of carbonyl (C=O) groups is 1. The number of ether oxygens (including phenoxy) is 1. The van der Waals surface area contributed by atoms with E-state index >= 15 is 0 Å². The number of hydrogen-bond donors (Lipinski definition) is 2. The van der Waals surface area contributed by atoms with Crippen molar-refractivity contribution in [2.24, 2.45) is 0 Å². The smallest absolute Gasteiger partial charge is 0.220 e. The molecule has 0 unspecified atom stereocenters. The molecule has 1 amide bonds. The summed E-state index contributed by atoms with van der Waals surface area (Å²) in [5.74, 6) is 0.720. The molecular weight excluding hydrogens is 264 g/mol. The predicted octanol–water partition coefficient (Wildman–Crippen LogP) is 2.22. The molecule has 1 rings (SSSR count). The molecule has 0 spiro atoms. The summed E-state index contributed by atoms with van der Waals surface area (Å²) in [6.07, 6.45) is 1.15. The van der Waals surface area contributed by atoms with Gasteiger partial charge in [-0.3, -0.25) is 4.79 Å². The summed E-state index contributed by atoms with van der Waals surface area (Å²) in [5, 5.41) is 6.58. The van der Waals surface area contributed by atoms with E-state index in [0.29, 0.717) is 36.8 Å². The van der Waals surface area contributed by atoms with E-state index in [-0.39, 0.29) is 5.91 Å². The predicted molar refractivity (Wildman–Crippen MR) is 77.7 cm³/mol. The number of rotatable bonds is 9. The number of carbonyl (C=O) groups excluding carboxylic acids is 1. The van der Waals surface area contributed by atoms with Gasteiger partial charge in [0.25, 0.3) is 0 Å². The quantitative estimate of drug-likeness (QED) is 0.684. The van der Waals surface area contributed by atoms with Gasteiger partial charge < -0.3 is 15.4 Å². The summed E-state index contributed by atoms with van der Waals surface area (Å²) < 4.78 is 5.51. The fourth-order valence-corrected chi connectivity index (χ4v) is 1.72. The minimum absolute atomic E-state index is 0.0562. The fraction of sp³-hybridized carbons (Fsp3) is 0.500. The van der Waals surface area contributed by atoms with Crippen LogP contribution in [0.4, 0.5) is 0 Å². The maximum Gasteiger partial charge on any atom is 0.220 e. The third kappa shape index (κ3) is 7.03. The minimum Gasteiger partial charge on any atom is -0.492 e. The maximum atomic E-state index is 11.5. The number of benzene rings is 1. The van der Waals surface area contributed by atoms with Crippen molar-refractivity contribution in [3.63, 3.8) is 0 Å². The largest absolute Gasteiger partial charge is 0.492 e. The fourth-order valence-electron chi connectivity index (χ4n) is 1.53. The second-order valence-electron chi connectivity index (χ2n) is 4.09. The zero-order chi connectivity index (χ0) is 13.9. The molecule has 106 valence electrons. The topological polar surface area (TPSA) is 50.4 Å². The minimum atomic E-state index is 0.0562. The zero-order valence-corrected chi connectivity index (χ0v) is 12.0. The number of para-hydroxylation sites is 1. The highest BCUT2D eigenvalue weighted by atomic mass is 35.5. The van der Waals surface area contributed by atoms with E-state index in [1.54, 1.807) is 6.07 Å². The molecule has 0 saturated heterocycles. The van der Waals surface area contributed by atoms with E-state index in [1.165, 1.54) is 0 Å². The molecule has 0 atom stereocenters. The first-order chi connectivity index (χ1) is 9.24. The first kappa shape index (κ1) is 15.8. The molecule has 4 nitrogen and oxygen atoms in total. The molecule has 0 aliphatic heterocycles. The van der Waals surface area contributed by atoms with Gasteiger partial charge in [-0.25, -0.2) is 0 Å². The molecule has 0 aromatic heterocycles. The second kappa shape index (κ2) is 9.64. The third-order valence-corrected chi connectivity index (χ3v) is 2.83. The van der Waals surface area contributed by atoms with Crippen LogP contribution in [0.15, 0.2) is 24.3 Å². The van der Waals surface area contributed by atoms with Crippen molar-refractivity contribution in [1.29, 1.82) is 0 Å². The summed E-state index contributed by atoms with van der Waals surface area (Å²) in [5.41, 5.74) is 0. The van der Waals surface area contributed by atoms with Gasteiger partial charge >= 0.3 is 0 Å². The lowest BCUT2D eigenvalue weighted by Crippen LogP contribution is -2.31. The van der Waals surface area contributed by atoms with Crippen LogP contribution in [0.5, 0.6) is 5.75 Å². The number of nitrogens with one attached hydrogen (secondary N) is 2. The van der Waals surface area contributed by atoms with Crippen molar-refractivity contribution in [3.8, 4) is 5.75 Å². The molecule has 0 heterocycles. The molecule has 0 fully saturated rings. The van der Waals surface area contributed by atoms with Crippen LogP contribution in [0.3, 0.4) is 0 Å². The van der Waals surface area contributed by atoms with Crippen LogP contribution in [0.25, 0.3) is 0 Å². The van der Waals surface area contributed by atoms with Crippen LogP contribution in [-0.2, 0) is 4.79 Å².